The highest BCUT2D eigenvalue weighted by atomic mass is 16.4. The summed E-state index contributed by atoms with van der Waals surface area (Å²) < 4.78 is 0. The van der Waals surface area contributed by atoms with Crippen molar-refractivity contribution < 1.29 is 19.5 Å². The second kappa shape index (κ2) is 11.7. The number of rotatable bonds is 9. The van der Waals surface area contributed by atoms with Gasteiger partial charge in [-0.1, -0.05) is 43.2 Å². The lowest BCUT2D eigenvalue weighted by Crippen LogP contribution is -2.48. The smallest absolute Gasteiger partial charge is 0.309 e. The number of hydrogen-bond acceptors (Lipinski definition) is 3. The van der Waals surface area contributed by atoms with Crippen molar-refractivity contribution in [1.29, 1.82) is 0 Å². The summed E-state index contributed by atoms with van der Waals surface area (Å²) in [5, 5.41) is 9.32. The standard InChI is InChI=1S/C32H42N2O4/c1-5-33(25-12-6-7-13-25)30(36)27-21-22(2)34(28-15-9-8-14-26(27)28)29(35)24-18-16-23(17-19-24)11-10-20-32(3,4)31(37)38/h8-9,14-19,22,25,27H,5-7,10-13,20-21H2,1-4H3,(H,37,38)/t22-,27-/m0/s1. The van der Waals surface area contributed by atoms with Gasteiger partial charge in [-0.2, -0.15) is 0 Å². The average molecular weight is 519 g/mol. The molecule has 0 spiro atoms. The van der Waals surface area contributed by atoms with Crippen LogP contribution in [-0.4, -0.2) is 46.4 Å². The van der Waals surface area contributed by atoms with E-state index in [1.807, 2.05) is 60.4 Å². The van der Waals surface area contributed by atoms with Gasteiger partial charge in [-0.3, -0.25) is 14.4 Å². The molecule has 2 amide bonds. The fourth-order valence-corrected chi connectivity index (χ4v) is 6.16. The van der Waals surface area contributed by atoms with E-state index in [0.29, 0.717) is 24.4 Å². The van der Waals surface area contributed by atoms with Gasteiger partial charge in [-0.05, 0) is 95.5 Å². The van der Waals surface area contributed by atoms with Crippen LogP contribution in [0.1, 0.15) is 100 Å². The molecular weight excluding hydrogens is 476 g/mol. The van der Waals surface area contributed by atoms with Crippen molar-refractivity contribution in [2.75, 3.05) is 11.4 Å². The molecule has 0 unspecified atom stereocenters. The van der Waals surface area contributed by atoms with Gasteiger partial charge in [0.2, 0.25) is 5.91 Å². The van der Waals surface area contributed by atoms with Gasteiger partial charge < -0.3 is 14.9 Å². The van der Waals surface area contributed by atoms with E-state index >= 15 is 0 Å². The largest absolute Gasteiger partial charge is 0.481 e. The Morgan fingerprint density at radius 2 is 1.68 bits per heavy atom. The summed E-state index contributed by atoms with van der Waals surface area (Å²) in [4.78, 5) is 42.8. The molecule has 2 aliphatic rings. The Morgan fingerprint density at radius 3 is 2.32 bits per heavy atom. The molecule has 2 aromatic carbocycles. The maximum atomic E-state index is 13.8. The van der Waals surface area contributed by atoms with Crippen LogP contribution in [-0.2, 0) is 16.0 Å². The maximum absolute atomic E-state index is 13.8. The van der Waals surface area contributed by atoms with Crippen molar-refractivity contribution in [3.63, 3.8) is 0 Å². The summed E-state index contributed by atoms with van der Waals surface area (Å²) in [7, 11) is 0. The molecule has 1 fully saturated rings. The van der Waals surface area contributed by atoms with E-state index in [4.69, 9.17) is 0 Å². The van der Waals surface area contributed by atoms with E-state index in [0.717, 1.165) is 49.0 Å². The Morgan fingerprint density at radius 1 is 1.03 bits per heavy atom. The highest BCUT2D eigenvalue weighted by Crippen LogP contribution is 2.41. The highest BCUT2D eigenvalue weighted by Gasteiger charge is 2.40. The van der Waals surface area contributed by atoms with Gasteiger partial charge in [0.05, 0.1) is 11.3 Å². The van der Waals surface area contributed by atoms with Gasteiger partial charge in [0, 0.05) is 29.9 Å². The first-order valence-electron chi connectivity index (χ1n) is 14.2. The minimum Gasteiger partial charge on any atom is -0.481 e. The van der Waals surface area contributed by atoms with E-state index in [1.54, 1.807) is 13.8 Å². The minimum atomic E-state index is -0.778. The number of hydrogen-bond donors (Lipinski definition) is 1. The third kappa shape index (κ3) is 5.79. The van der Waals surface area contributed by atoms with Crippen molar-refractivity contribution in [1.82, 2.24) is 4.90 Å². The summed E-state index contributed by atoms with van der Waals surface area (Å²) in [5.74, 6) is -0.874. The molecule has 4 rings (SSSR count). The van der Waals surface area contributed by atoms with E-state index < -0.39 is 11.4 Å². The first-order chi connectivity index (χ1) is 18.1. The van der Waals surface area contributed by atoms with Crippen LogP contribution in [0.5, 0.6) is 0 Å². The Hall–Kier alpha value is -3.15. The van der Waals surface area contributed by atoms with Gasteiger partial charge in [-0.25, -0.2) is 0 Å². The van der Waals surface area contributed by atoms with Crippen LogP contribution in [0.3, 0.4) is 0 Å². The van der Waals surface area contributed by atoms with Crippen molar-refractivity contribution in [3.05, 3.63) is 65.2 Å². The van der Waals surface area contributed by atoms with Crippen LogP contribution in [0.25, 0.3) is 0 Å². The van der Waals surface area contributed by atoms with Gasteiger partial charge in [0.1, 0.15) is 0 Å². The van der Waals surface area contributed by atoms with Gasteiger partial charge in [0.25, 0.3) is 5.91 Å². The molecule has 0 radical (unpaired) electrons. The zero-order valence-electron chi connectivity index (χ0n) is 23.3. The SMILES string of the molecule is CCN(C(=O)[C@H]1C[C@H](C)N(C(=O)c2ccc(CCCC(C)(C)C(=O)O)cc2)c2ccccc21)C1CCCC1. The topological polar surface area (TPSA) is 77.9 Å². The van der Waals surface area contributed by atoms with Crippen molar-refractivity contribution in [2.45, 2.75) is 97.1 Å². The molecule has 6 heteroatoms. The number of anilines is 1. The quantitative estimate of drug-likeness (QED) is 0.415. The van der Waals surface area contributed by atoms with Crippen molar-refractivity contribution >= 4 is 23.5 Å². The minimum absolute atomic E-state index is 0.0578. The zero-order valence-corrected chi connectivity index (χ0v) is 23.3. The predicted molar refractivity (Wildman–Crippen MR) is 151 cm³/mol. The maximum Gasteiger partial charge on any atom is 0.309 e. The fourth-order valence-electron chi connectivity index (χ4n) is 6.16. The molecule has 1 aliphatic heterocycles. The molecule has 1 N–H and O–H groups in total. The number of aliphatic carboxylic acids is 1. The number of para-hydroxylation sites is 1. The Bertz CT molecular complexity index is 1150. The average Bonchev–Trinajstić information content (AvgIpc) is 3.43. The normalized spacial score (nSPS) is 19.7. The first kappa shape index (κ1) is 27.9. The summed E-state index contributed by atoms with van der Waals surface area (Å²) in [5.41, 5.74) is 2.74. The van der Waals surface area contributed by atoms with Gasteiger partial charge in [-0.15, -0.1) is 0 Å². The van der Waals surface area contributed by atoms with Crippen LogP contribution in [0.2, 0.25) is 0 Å². The summed E-state index contributed by atoms with van der Waals surface area (Å²) in [6.45, 7) is 8.33. The Kier molecular flexibility index (Phi) is 8.59. The Balaban J connectivity index is 1.50. The van der Waals surface area contributed by atoms with E-state index in [-0.39, 0.29) is 23.8 Å². The molecule has 1 aliphatic carbocycles. The molecule has 2 atom stereocenters. The van der Waals surface area contributed by atoms with Crippen LogP contribution >= 0.6 is 0 Å². The lowest BCUT2D eigenvalue weighted by Gasteiger charge is -2.41. The number of carboxylic acids is 1. The van der Waals surface area contributed by atoms with Crippen LogP contribution < -0.4 is 4.90 Å². The van der Waals surface area contributed by atoms with Crippen LogP contribution in [0.4, 0.5) is 5.69 Å². The number of nitrogens with zero attached hydrogens (tertiary/aromatic N) is 2. The van der Waals surface area contributed by atoms with Crippen molar-refractivity contribution in [2.24, 2.45) is 5.41 Å². The first-order valence-corrected chi connectivity index (χ1v) is 14.2. The molecule has 0 bridgehead atoms. The Labute approximate surface area is 227 Å². The van der Waals surface area contributed by atoms with E-state index in [9.17, 15) is 19.5 Å². The fraction of sp³-hybridized carbons (Fsp3) is 0.531. The number of carboxylic acid groups (broad SMARTS) is 1. The summed E-state index contributed by atoms with van der Waals surface area (Å²) >= 11 is 0. The molecule has 38 heavy (non-hydrogen) atoms. The third-order valence-electron chi connectivity index (χ3n) is 8.54. The molecule has 204 valence electrons. The number of carbonyl (C=O) groups is 3. The summed E-state index contributed by atoms with van der Waals surface area (Å²) in [6.07, 6.45) is 7.30. The molecule has 6 nitrogen and oxygen atoms in total. The molecule has 2 aromatic rings. The molecule has 0 saturated heterocycles. The van der Waals surface area contributed by atoms with E-state index in [2.05, 4.69) is 11.8 Å². The van der Waals surface area contributed by atoms with Crippen LogP contribution in [0, 0.1) is 5.41 Å². The number of amides is 2. The third-order valence-corrected chi connectivity index (χ3v) is 8.54. The molecular formula is C32H42N2O4. The number of carbonyl (C=O) groups excluding carboxylic acids is 2. The van der Waals surface area contributed by atoms with Gasteiger partial charge >= 0.3 is 5.97 Å². The van der Waals surface area contributed by atoms with Crippen LogP contribution in [0.15, 0.2) is 48.5 Å². The predicted octanol–water partition coefficient (Wildman–Crippen LogP) is 6.43. The lowest BCUT2D eigenvalue weighted by molar-refractivity contribution is -0.147. The molecule has 0 aromatic heterocycles. The molecule has 1 saturated carbocycles. The van der Waals surface area contributed by atoms with Gasteiger partial charge in [0.15, 0.2) is 0 Å². The van der Waals surface area contributed by atoms with E-state index in [1.165, 1.54) is 12.8 Å². The zero-order chi connectivity index (χ0) is 27.4. The second-order valence-corrected chi connectivity index (χ2v) is 11.7. The number of benzene rings is 2. The van der Waals surface area contributed by atoms with Crippen molar-refractivity contribution in [3.8, 4) is 0 Å². The lowest BCUT2D eigenvalue weighted by atomic mass is 9.84. The summed E-state index contributed by atoms with van der Waals surface area (Å²) in [6, 6.07) is 15.8. The number of aryl methyl sites for hydroxylation is 1. The monoisotopic (exact) mass is 518 g/mol. The number of likely N-dealkylation sites (N-methyl/N-ethyl adjacent to an activating group) is 1. The molecule has 1 heterocycles. The second-order valence-electron chi connectivity index (χ2n) is 11.7. The highest BCUT2D eigenvalue weighted by molar-refractivity contribution is 6.08. The number of fused-ring (bicyclic) bond motifs is 1.